The van der Waals surface area contributed by atoms with E-state index in [4.69, 9.17) is 21.1 Å². The molecule has 0 spiro atoms. The van der Waals surface area contributed by atoms with Crippen molar-refractivity contribution in [1.29, 1.82) is 0 Å². The van der Waals surface area contributed by atoms with Gasteiger partial charge in [0.2, 0.25) is 0 Å². The lowest BCUT2D eigenvalue weighted by Crippen LogP contribution is -2.51. The quantitative estimate of drug-likeness (QED) is 0.918. The Morgan fingerprint density at radius 2 is 2.05 bits per heavy atom. The van der Waals surface area contributed by atoms with E-state index >= 15 is 0 Å². The lowest BCUT2D eigenvalue weighted by molar-refractivity contribution is -0.139. The van der Waals surface area contributed by atoms with Crippen LogP contribution in [0.25, 0.3) is 0 Å². The molecule has 1 aromatic rings. The number of rotatable bonds is 3. The summed E-state index contributed by atoms with van der Waals surface area (Å²) in [7, 11) is 2.00. The van der Waals surface area contributed by atoms with E-state index in [2.05, 4.69) is 10.2 Å². The van der Waals surface area contributed by atoms with Crippen molar-refractivity contribution in [2.45, 2.75) is 24.7 Å². The molecule has 5 nitrogen and oxygen atoms in total. The molecule has 0 bridgehead atoms. The summed E-state index contributed by atoms with van der Waals surface area (Å²) in [6, 6.07) is 7.56. The maximum absolute atomic E-state index is 12.4. The van der Waals surface area contributed by atoms with Crippen LogP contribution >= 0.6 is 11.6 Å². The molecule has 0 radical (unpaired) electrons. The van der Waals surface area contributed by atoms with Crippen LogP contribution in [0.15, 0.2) is 24.3 Å². The molecule has 0 unspecified atom stereocenters. The fraction of sp³-hybridized carbons (Fsp3) is 0.562. The molecular weight excluding hydrogens is 304 g/mol. The van der Waals surface area contributed by atoms with E-state index in [1.54, 1.807) is 0 Å². The highest BCUT2D eigenvalue weighted by Gasteiger charge is 2.33. The molecule has 2 saturated heterocycles. The number of nitrogens with zero attached hydrogens (tertiary/aromatic N) is 1. The second kappa shape index (κ2) is 6.96. The molecule has 6 heteroatoms. The normalized spacial score (nSPS) is 29.5. The van der Waals surface area contributed by atoms with Crippen LogP contribution in [-0.4, -0.2) is 56.3 Å². The highest BCUT2D eigenvalue weighted by atomic mass is 35.5. The maximum Gasteiger partial charge on any atom is 0.250 e. The van der Waals surface area contributed by atoms with Crippen molar-refractivity contribution in [3.8, 4) is 0 Å². The number of benzene rings is 1. The number of carbonyl (C=O) groups is 1. The van der Waals surface area contributed by atoms with Gasteiger partial charge in [0.15, 0.2) is 0 Å². The lowest BCUT2D eigenvalue weighted by atomic mass is 10.0. The summed E-state index contributed by atoms with van der Waals surface area (Å²) >= 11 is 5.92. The molecule has 2 aliphatic heterocycles. The summed E-state index contributed by atoms with van der Waals surface area (Å²) in [6.45, 7) is 2.73. The first-order chi connectivity index (χ1) is 10.6. The molecule has 2 fully saturated rings. The van der Waals surface area contributed by atoms with Crippen LogP contribution in [0, 0.1) is 0 Å². The average Bonchev–Trinajstić information content (AvgIpc) is 2.96. The Morgan fingerprint density at radius 3 is 2.77 bits per heavy atom. The summed E-state index contributed by atoms with van der Waals surface area (Å²) in [6.07, 6.45) is 0.287. The number of hydrogen-bond acceptors (Lipinski definition) is 4. The third-order valence-corrected chi connectivity index (χ3v) is 4.43. The number of nitrogens with one attached hydrogen (secondary N) is 1. The van der Waals surface area contributed by atoms with E-state index in [0.717, 1.165) is 18.5 Å². The minimum Gasteiger partial charge on any atom is -0.371 e. The van der Waals surface area contributed by atoms with Gasteiger partial charge in [0.25, 0.3) is 5.91 Å². The van der Waals surface area contributed by atoms with Crippen molar-refractivity contribution in [3.05, 3.63) is 34.9 Å². The molecule has 120 valence electrons. The van der Waals surface area contributed by atoms with Gasteiger partial charge in [-0.05, 0) is 31.2 Å². The zero-order chi connectivity index (χ0) is 15.5. The third kappa shape index (κ3) is 3.60. The van der Waals surface area contributed by atoms with E-state index < -0.39 is 6.10 Å². The highest BCUT2D eigenvalue weighted by Crippen LogP contribution is 2.30. The number of halogens is 1. The smallest absolute Gasteiger partial charge is 0.250 e. The SMILES string of the molecule is CN1CCO[C@H](C(=O)N[C@@H]2CCO[C@@H]2c2ccc(Cl)cc2)C1. The molecule has 3 rings (SSSR count). The Morgan fingerprint density at radius 1 is 1.27 bits per heavy atom. The summed E-state index contributed by atoms with van der Waals surface area (Å²) in [4.78, 5) is 14.5. The Hall–Kier alpha value is -1.14. The summed E-state index contributed by atoms with van der Waals surface area (Å²) in [5, 5.41) is 3.78. The van der Waals surface area contributed by atoms with Crippen molar-refractivity contribution in [1.82, 2.24) is 10.2 Å². The van der Waals surface area contributed by atoms with Crippen molar-refractivity contribution < 1.29 is 14.3 Å². The van der Waals surface area contributed by atoms with Crippen LogP contribution in [0.5, 0.6) is 0 Å². The van der Waals surface area contributed by atoms with Crippen LogP contribution in [0.1, 0.15) is 18.1 Å². The van der Waals surface area contributed by atoms with Gasteiger partial charge in [-0.25, -0.2) is 0 Å². The molecule has 0 aromatic heterocycles. The van der Waals surface area contributed by atoms with E-state index in [1.165, 1.54) is 0 Å². The second-order valence-corrected chi connectivity index (χ2v) is 6.30. The lowest BCUT2D eigenvalue weighted by Gasteiger charge is -2.30. The molecule has 1 aromatic carbocycles. The maximum atomic E-state index is 12.4. The number of carbonyl (C=O) groups excluding carboxylic acids is 1. The molecular formula is C16H21ClN2O3. The first-order valence-corrected chi connectivity index (χ1v) is 7.99. The van der Waals surface area contributed by atoms with Crippen molar-refractivity contribution in [2.24, 2.45) is 0 Å². The Labute approximate surface area is 135 Å². The van der Waals surface area contributed by atoms with Crippen LogP contribution in [-0.2, 0) is 14.3 Å². The topological polar surface area (TPSA) is 50.8 Å². The van der Waals surface area contributed by atoms with Gasteiger partial charge in [0.1, 0.15) is 12.2 Å². The molecule has 1 amide bonds. The Bertz CT molecular complexity index is 523. The zero-order valence-corrected chi connectivity index (χ0v) is 13.4. The van der Waals surface area contributed by atoms with Crippen molar-refractivity contribution in [2.75, 3.05) is 33.4 Å². The predicted octanol–water partition coefficient (Wildman–Crippen LogP) is 1.62. The van der Waals surface area contributed by atoms with E-state index in [9.17, 15) is 4.79 Å². The molecule has 22 heavy (non-hydrogen) atoms. The van der Waals surface area contributed by atoms with Gasteiger partial charge < -0.3 is 19.7 Å². The molecule has 3 atom stereocenters. The predicted molar refractivity (Wildman–Crippen MR) is 83.9 cm³/mol. The van der Waals surface area contributed by atoms with Gasteiger partial charge in [-0.15, -0.1) is 0 Å². The van der Waals surface area contributed by atoms with Gasteiger partial charge in [-0.1, -0.05) is 23.7 Å². The van der Waals surface area contributed by atoms with E-state index in [1.807, 2.05) is 31.3 Å². The number of amides is 1. The fourth-order valence-electron chi connectivity index (χ4n) is 2.93. The van der Waals surface area contributed by atoms with Crippen molar-refractivity contribution >= 4 is 17.5 Å². The largest absolute Gasteiger partial charge is 0.371 e. The molecule has 1 N–H and O–H groups in total. The Kier molecular flexibility index (Phi) is 4.98. The van der Waals surface area contributed by atoms with Gasteiger partial charge in [0, 0.05) is 24.7 Å². The van der Waals surface area contributed by atoms with Gasteiger partial charge >= 0.3 is 0 Å². The number of hydrogen-bond donors (Lipinski definition) is 1. The highest BCUT2D eigenvalue weighted by molar-refractivity contribution is 6.30. The Balaban J connectivity index is 1.63. The standard InChI is InChI=1S/C16H21ClN2O3/c1-19-7-9-21-14(10-19)16(20)18-13-6-8-22-15(13)11-2-4-12(17)5-3-11/h2-5,13-15H,6-10H2,1H3,(H,18,20)/t13-,14+,15-/m1/s1. The number of ether oxygens (including phenoxy) is 2. The van der Waals surface area contributed by atoms with E-state index in [0.29, 0.717) is 24.8 Å². The number of morpholine rings is 1. The minimum atomic E-state index is -0.398. The zero-order valence-electron chi connectivity index (χ0n) is 12.6. The van der Waals surface area contributed by atoms with Crippen LogP contribution < -0.4 is 5.32 Å². The molecule has 0 saturated carbocycles. The minimum absolute atomic E-state index is 0.0236. The second-order valence-electron chi connectivity index (χ2n) is 5.87. The first kappa shape index (κ1) is 15.7. The molecule has 2 heterocycles. The monoisotopic (exact) mass is 324 g/mol. The average molecular weight is 325 g/mol. The van der Waals surface area contributed by atoms with E-state index in [-0.39, 0.29) is 18.1 Å². The van der Waals surface area contributed by atoms with Crippen LogP contribution in [0.2, 0.25) is 5.02 Å². The first-order valence-electron chi connectivity index (χ1n) is 7.61. The number of likely N-dealkylation sites (N-methyl/N-ethyl adjacent to an activating group) is 1. The summed E-state index contributed by atoms with van der Waals surface area (Å²) in [5.41, 5.74) is 1.04. The van der Waals surface area contributed by atoms with Gasteiger partial charge in [0.05, 0.1) is 12.6 Å². The fourth-order valence-corrected chi connectivity index (χ4v) is 3.06. The van der Waals surface area contributed by atoms with Gasteiger partial charge in [-0.3, -0.25) is 4.79 Å². The van der Waals surface area contributed by atoms with Gasteiger partial charge in [-0.2, -0.15) is 0 Å². The van der Waals surface area contributed by atoms with Crippen LogP contribution in [0.3, 0.4) is 0 Å². The van der Waals surface area contributed by atoms with Crippen molar-refractivity contribution in [3.63, 3.8) is 0 Å². The van der Waals surface area contributed by atoms with Crippen LogP contribution in [0.4, 0.5) is 0 Å². The summed E-state index contributed by atoms with van der Waals surface area (Å²) < 4.78 is 11.4. The third-order valence-electron chi connectivity index (χ3n) is 4.18. The molecule has 0 aliphatic carbocycles. The molecule has 2 aliphatic rings. The summed E-state index contributed by atoms with van der Waals surface area (Å²) in [5.74, 6) is -0.0546.